The van der Waals surface area contributed by atoms with Gasteiger partial charge in [0.25, 0.3) is 0 Å². The summed E-state index contributed by atoms with van der Waals surface area (Å²) in [5.41, 5.74) is 0. The van der Waals surface area contributed by atoms with Gasteiger partial charge >= 0.3 is 0 Å². The van der Waals surface area contributed by atoms with E-state index in [4.69, 9.17) is 21.1 Å². The number of aromatic nitrogens is 1. The number of thiazole rings is 1. The largest absolute Gasteiger partial charge is 0.485 e. The molecule has 1 unspecified atom stereocenters. The van der Waals surface area contributed by atoms with E-state index in [-0.39, 0.29) is 6.10 Å². The summed E-state index contributed by atoms with van der Waals surface area (Å²) in [5, 5.41) is 0.912. The van der Waals surface area contributed by atoms with E-state index in [2.05, 4.69) is 4.98 Å². The number of ether oxygens (including phenoxy) is 2. The molecule has 3 nitrogen and oxygen atoms in total. The van der Waals surface area contributed by atoms with Gasteiger partial charge in [-0.2, -0.15) is 0 Å². The Morgan fingerprint density at radius 3 is 2.94 bits per heavy atom. The van der Waals surface area contributed by atoms with Crippen LogP contribution in [0.25, 0.3) is 0 Å². The maximum absolute atomic E-state index is 5.86. The zero-order chi connectivity index (χ0) is 11.7. The highest BCUT2D eigenvalue weighted by molar-refractivity contribution is 7.11. The monoisotopic (exact) mass is 267 g/mol. The Bertz CT molecular complexity index is 529. The average molecular weight is 268 g/mol. The normalized spacial score (nSPS) is 18.1. The lowest BCUT2D eigenvalue weighted by molar-refractivity contribution is 0.0911. The van der Waals surface area contributed by atoms with E-state index < -0.39 is 0 Å². The molecule has 0 aliphatic carbocycles. The smallest absolute Gasteiger partial charge is 0.184 e. The van der Waals surface area contributed by atoms with Crippen LogP contribution in [0.1, 0.15) is 16.0 Å². The molecule has 3 rings (SSSR count). The predicted molar refractivity (Wildman–Crippen MR) is 67.0 cm³/mol. The third kappa shape index (κ3) is 2.10. The van der Waals surface area contributed by atoms with Gasteiger partial charge in [-0.25, -0.2) is 4.98 Å². The van der Waals surface area contributed by atoms with Crippen molar-refractivity contribution in [1.29, 1.82) is 0 Å². The highest BCUT2D eigenvalue weighted by atomic mass is 35.5. The fourth-order valence-electron chi connectivity index (χ4n) is 1.67. The molecule has 0 radical (unpaired) electrons. The molecule has 0 N–H and O–H groups in total. The van der Waals surface area contributed by atoms with Gasteiger partial charge in [0.15, 0.2) is 17.6 Å². The van der Waals surface area contributed by atoms with Crippen molar-refractivity contribution in [2.24, 2.45) is 0 Å². The molecule has 1 aromatic heterocycles. The molecule has 0 bridgehead atoms. The summed E-state index contributed by atoms with van der Waals surface area (Å²) in [4.78, 5) is 5.36. The van der Waals surface area contributed by atoms with Crippen LogP contribution in [-0.2, 0) is 5.88 Å². The molecule has 88 valence electrons. The lowest BCUT2D eigenvalue weighted by Gasteiger charge is -2.24. The standard InChI is InChI=1S/C12H10ClNO2S/c13-5-8-6-14-12(17-8)11-7-15-9-3-1-2-4-10(9)16-11/h1-4,6,11H,5,7H2. The highest BCUT2D eigenvalue weighted by Gasteiger charge is 2.24. The fourth-order valence-corrected chi connectivity index (χ4v) is 2.69. The van der Waals surface area contributed by atoms with Crippen molar-refractivity contribution in [3.05, 3.63) is 40.3 Å². The van der Waals surface area contributed by atoms with E-state index in [1.807, 2.05) is 24.3 Å². The van der Waals surface area contributed by atoms with E-state index in [1.54, 1.807) is 17.5 Å². The number of benzene rings is 1. The molecular formula is C12H10ClNO2S. The van der Waals surface area contributed by atoms with Gasteiger partial charge in [-0.05, 0) is 12.1 Å². The summed E-state index contributed by atoms with van der Waals surface area (Å²) in [5.74, 6) is 2.05. The molecule has 0 amide bonds. The minimum atomic E-state index is -0.133. The second-order valence-electron chi connectivity index (χ2n) is 3.66. The first-order valence-corrected chi connectivity index (χ1v) is 6.61. The molecule has 5 heteroatoms. The summed E-state index contributed by atoms with van der Waals surface area (Å²) in [6, 6.07) is 7.66. The van der Waals surface area contributed by atoms with Gasteiger partial charge in [0.05, 0.1) is 5.88 Å². The van der Waals surface area contributed by atoms with Crippen molar-refractivity contribution in [1.82, 2.24) is 4.98 Å². The van der Waals surface area contributed by atoms with E-state index in [0.29, 0.717) is 12.5 Å². The summed E-state index contributed by atoms with van der Waals surface area (Å²) >= 11 is 7.32. The molecule has 1 aromatic carbocycles. The average Bonchev–Trinajstić information content (AvgIpc) is 2.87. The summed E-state index contributed by atoms with van der Waals surface area (Å²) in [6.07, 6.45) is 1.66. The van der Waals surface area contributed by atoms with Crippen LogP contribution in [0.2, 0.25) is 0 Å². The molecule has 0 saturated heterocycles. The second-order valence-corrected chi connectivity index (χ2v) is 5.08. The van der Waals surface area contributed by atoms with E-state index >= 15 is 0 Å². The number of para-hydroxylation sites is 2. The van der Waals surface area contributed by atoms with Crippen LogP contribution in [0, 0.1) is 0 Å². The SMILES string of the molecule is ClCc1cnc(C2COc3ccccc3O2)s1. The lowest BCUT2D eigenvalue weighted by Crippen LogP contribution is -2.21. The molecule has 1 atom stereocenters. The van der Waals surface area contributed by atoms with Crippen LogP contribution >= 0.6 is 22.9 Å². The molecule has 1 aliphatic rings. The van der Waals surface area contributed by atoms with Gasteiger partial charge in [0.1, 0.15) is 11.6 Å². The Morgan fingerprint density at radius 1 is 1.35 bits per heavy atom. The molecule has 0 fully saturated rings. The Balaban J connectivity index is 1.84. The lowest BCUT2D eigenvalue weighted by atomic mass is 10.2. The Kier molecular flexibility index (Phi) is 2.91. The van der Waals surface area contributed by atoms with Crippen LogP contribution in [0.3, 0.4) is 0 Å². The van der Waals surface area contributed by atoms with Gasteiger partial charge in [0.2, 0.25) is 0 Å². The Hall–Kier alpha value is -1.26. The molecule has 2 heterocycles. The first-order chi connectivity index (χ1) is 8.36. The van der Waals surface area contributed by atoms with Crippen molar-refractivity contribution < 1.29 is 9.47 Å². The van der Waals surface area contributed by atoms with Crippen molar-refractivity contribution in [2.75, 3.05) is 6.61 Å². The van der Waals surface area contributed by atoms with Crippen LogP contribution < -0.4 is 9.47 Å². The summed E-state index contributed by atoms with van der Waals surface area (Å²) < 4.78 is 11.5. The van der Waals surface area contributed by atoms with Gasteiger partial charge in [-0.3, -0.25) is 0 Å². The van der Waals surface area contributed by atoms with Crippen LogP contribution in [0.15, 0.2) is 30.5 Å². The third-order valence-electron chi connectivity index (χ3n) is 2.49. The number of hydrogen-bond acceptors (Lipinski definition) is 4. The fraction of sp³-hybridized carbons (Fsp3) is 0.250. The second kappa shape index (κ2) is 4.55. The molecule has 2 aromatic rings. The topological polar surface area (TPSA) is 31.4 Å². The first kappa shape index (κ1) is 10.9. The number of rotatable bonds is 2. The minimum absolute atomic E-state index is 0.133. The molecular weight excluding hydrogens is 258 g/mol. The number of hydrogen-bond donors (Lipinski definition) is 0. The van der Waals surface area contributed by atoms with Crippen LogP contribution in [0.5, 0.6) is 11.5 Å². The van der Waals surface area contributed by atoms with E-state index in [0.717, 1.165) is 21.4 Å². The van der Waals surface area contributed by atoms with Gasteiger partial charge in [-0.15, -0.1) is 22.9 Å². The summed E-state index contributed by atoms with van der Waals surface area (Å²) in [7, 11) is 0. The van der Waals surface area contributed by atoms with Crippen molar-refractivity contribution in [3.63, 3.8) is 0 Å². The maximum atomic E-state index is 5.86. The van der Waals surface area contributed by atoms with Gasteiger partial charge < -0.3 is 9.47 Å². The third-order valence-corrected chi connectivity index (χ3v) is 4.02. The van der Waals surface area contributed by atoms with E-state index in [9.17, 15) is 0 Å². The minimum Gasteiger partial charge on any atom is -0.485 e. The quantitative estimate of drug-likeness (QED) is 0.782. The molecule has 0 saturated carbocycles. The van der Waals surface area contributed by atoms with Crippen molar-refractivity contribution in [3.8, 4) is 11.5 Å². The number of fused-ring (bicyclic) bond motifs is 1. The van der Waals surface area contributed by atoms with Gasteiger partial charge in [-0.1, -0.05) is 12.1 Å². The molecule has 1 aliphatic heterocycles. The zero-order valence-corrected chi connectivity index (χ0v) is 10.5. The van der Waals surface area contributed by atoms with E-state index in [1.165, 1.54) is 0 Å². The number of alkyl halides is 1. The summed E-state index contributed by atoms with van der Waals surface area (Å²) in [6.45, 7) is 0.492. The molecule has 0 spiro atoms. The van der Waals surface area contributed by atoms with Crippen LogP contribution in [-0.4, -0.2) is 11.6 Å². The maximum Gasteiger partial charge on any atom is 0.184 e. The number of halogens is 1. The zero-order valence-electron chi connectivity index (χ0n) is 8.93. The highest BCUT2D eigenvalue weighted by Crippen LogP contribution is 2.36. The predicted octanol–water partition coefficient (Wildman–Crippen LogP) is 3.39. The van der Waals surface area contributed by atoms with Gasteiger partial charge in [0, 0.05) is 11.1 Å². The molecule has 17 heavy (non-hydrogen) atoms. The first-order valence-electron chi connectivity index (χ1n) is 5.26. The number of nitrogens with zero attached hydrogens (tertiary/aromatic N) is 1. The van der Waals surface area contributed by atoms with Crippen molar-refractivity contribution >= 4 is 22.9 Å². The van der Waals surface area contributed by atoms with Crippen LogP contribution in [0.4, 0.5) is 0 Å². The van der Waals surface area contributed by atoms with Crippen molar-refractivity contribution in [2.45, 2.75) is 12.0 Å². The Morgan fingerprint density at radius 2 is 2.18 bits per heavy atom. The Labute approximate surface area is 108 Å².